The first-order valence-corrected chi connectivity index (χ1v) is 6.39. The summed E-state index contributed by atoms with van der Waals surface area (Å²) in [5.74, 6) is -1.59. The smallest absolute Gasteiger partial charge is 0.320 e. The van der Waals surface area contributed by atoms with Crippen LogP contribution in [0.3, 0.4) is 0 Å². The van der Waals surface area contributed by atoms with Gasteiger partial charge in [-0.1, -0.05) is 6.92 Å². The summed E-state index contributed by atoms with van der Waals surface area (Å²) in [5, 5.41) is 8.75. The maximum absolute atomic E-state index is 11.9. The molecule has 1 rings (SSSR count). The minimum absolute atomic E-state index is 0.118. The summed E-state index contributed by atoms with van der Waals surface area (Å²) in [6, 6.07) is -1.01. The number of carbonyl (C=O) groups excluding carboxylic acids is 1. The van der Waals surface area contributed by atoms with Crippen LogP contribution in [0.1, 0.15) is 18.2 Å². The molecule has 0 fully saturated rings. The van der Waals surface area contributed by atoms with Gasteiger partial charge in [-0.25, -0.2) is 0 Å². The molecule has 2 atom stereocenters. The standard InChI is InChI=1S/C11H17N3O3S/c1-7(10(12)11(16)17)3-9(15)14(2)5-8-4-13-6-18-8/h4,6-7,10H,3,5,12H2,1-2H3,(H,16,17)/t7?,10-/m1/s1. The maximum Gasteiger partial charge on any atom is 0.320 e. The second kappa shape index (κ2) is 6.46. The molecule has 1 aromatic heterocycles. The molecule has 7 heteroatoms. The SMILES string of the molecule is CC(CC(=O)N(C)Cc1cncs1)[C@@H](N)C(=O)O. The molecule has 0 aromatic carbocycles. The lowest BCUT2D eigenvalue weighted by Crippen LogP contribution is -2.39. The molecule has 1 heterocycles. The topological polar surface area (TPSA) is 96.5 Å². The molecule has 18 heavy (non-hydrogen) atoms. The second-order valence-corrected chi connectivity index (χ2v) is 5.23. The summed E-state index contributed by atoms with van der Waals surface area (Å²) in [4.78, 5) is 29.0. The quantitative estimate of drug-likeness (QED) is 0.787. The molecule has 0 saturated carbocycles. The van der Waals surface area contributed by atoms with Crippen molar-refractivity contribution in [3.63, 3.8) is 0 Å². The third kappa shape index (κ3) is 4.08. The third-order valence-electron chi connectivity index (χ3n) is 2.70. The highest BCUT2D eigenvalue weighted by molar-refractivity contribution is 7.09. The Morgan fingerprint density at radius 3 is 2.78 bits per heavy atom. The van der Waals surface area contributed by atoms with Crippen molar-refractivity contribution in [2.45, 2.75) is 25.9 Å². The van der Waals surface area contributed by atoms with Gasteiger partial charge in [0.25, 0.3) is 0 Å². The first-order valence-electron chi connectivity index (χ1n) is 5.51. The lowest BCUT2D eigenvalue weighted by atomic mass is 9.98. The van der Waals surface area contributed by atoms with E-state index in [1.165, 1.54) is 11.3 Å². The first-order chi connectivity index (χ1) is 8.41. The number of thiazole rings is 1. The van der Waals surface area contributed by atoms with Gasteiger partial charge in [-0.15, -0.1) is 11.3 Å². The number of nitrogens with zero attached hydrogens (tertiary/aromatic N) is 2. The van der Waals surface area contributed by atoms with Gasteiger partial charge in [0.1, 0.15) is 6.04 Å². The molecule has 6 nitrogen and oxygen atoms in total. The van der Waals surface area contributed by atoms with Crippen LogP contribution in [0.2, 0.25) is 0 Å². The Balaban J connectivity index is 2.47. The highest BCUT2D eigenvalue weighted by atomic mass is 32.1. The zero-order valence-electron chi connectivity index (χ0n) is 10.4. The van der Waals surface area contributed by atoms with Crippen molar-refractivity contribution in [3.05, 3.63) is 16.6 Å². The van der Waals surface area contributed by atoms with Crippen LogP contribution in [0.25, 0.3) is 0 Å². The highest BCUT2D eigenvalue weighted by Crippen LogP contribution is 2.12. The molecule has 1 amide bonds. The van der Waals surface area contributed by atoms with E-state index in [1.54, 1.807) is 30.6 Å². The van der Waals surface area contributed by atoms with Gasteiger partial charge in [-0.3, -0.25) is 14.6 Å². The number of aromatic nitrogens is 1. The third-order valence-corrected chi connectivity index (χ3v) is 3.46. The van der Waals surface area contributed by atoms with E-state index in [0.29, 0.717) is 6.54 Å². The fourth-order valence-electron chi connectivity index (χ4n) is 1.44. The van der Waals surface area contributed by atoms with E-state index < -0.39 is 12.0 Å². The van der Waals surface area contributed by atoms with E-state index in [1.807, 2.05) is 0 Å². The van der Waals surface area contributed by atoms with Crippen LogP contribution in [0.15, 0.2) is 11.7 Å². The zero-order chi connectivity index (χ0) is 13.7. The molecule has 3 N–H and O–H groups in total. The molecule has 100 valence electrons. The Kier molecular flexibility index (Phi) is 5.24. The summed E-state index contributed by atoms with van der Waals surface area (Å²) in [7, 11) is 1.68. The highest BCUT2D eigenvalue weighted by Gasteiger charge is 2.23. The van der Waals surface area contributed by atoms with Crippen molar-refractivity contribution in [2.75, 3.05) is 7.05 Å². The van der Waals surface area contributed by atoms with Gasteiger partial charge >= 0.3 is 5.97 Å². The van der Waals surface area contributed by atoms with Crippen molar-refractivity contribution in [2.24, 2.45) is 11.7 Å². The summed E-state index contributed by atoms with van der Waals surface area (Å²) in [6.45, 7) is 2.15. The Bertz CT molecular complexity index is 408. The number of carbonyl (C=O) groups is 2. The largest absolute Gasteiger partial charge is 0.480 e. The summed E-state index contributed by atoms with van der Waals surface area (Å²) < 4.78 is 0. The monoisotopic (exact) mass is 271 g/mol. The predicted octanol–water partition coefficient (Wildman–Crippen LogP) is 0.540. The molecule has 0 spiro atoms. The van der Waals surface area contributed by atoms with E-state index in [-0.39, 0.29) is 18.2 Å². The molecule has 0 aliphatic heterocycles. The van der Waals surface area contributed by atoms with Crippen LogP contribution in [-0.2, 0) is 16.1 Å². The van der Waals surface area contributed by atoms with Gasteiger partial charge in [-0.2, -0.15) is 0 Å². The molecule has 0 radical (unpaired) electrons. The van der Waals surface area contributed by atoms with Crippen molar-refractivity contribution < 1.29 is 14.7 Å². The number of nitrogens with two attached hydrogens (primary N) is 1. The number of amides is 1. The first kappa shape index (κ1) is 14.6. The van der Waals surface area contributed by atoms with Crippen molar-refractivity contribution >= 4 is 23.2 Å². The minimum Gasteiger partial charge on any atom is -0.480 e. The van der Waals surface area contributed by atoms with Gasteiger partial charge in [0.05, 0.1) is 12.1 Å². The zero-order valence-corrected chi connectivity index (χ0v) is 11.2. The van der Waals surface area contributed by atoms with Crippen LogP contribution in [0.4, 0.5) is 0 Å². The average Bonchev–Trinajstić information content (AvgIpc) is 2.80. The van der Waals surface area contributed by atoms with Gasteiger partial charge in [0.2, 0.25) is 5.91 Å². The normalized spacial score (nSPS) is 13.9. The van der Waals surface area contributed by atoms with Gasteiger partial charge in [0.15, 0.2) is 0 Å². The molecule has 1 unspecified atom stereocenters. The molecular formula is C11H17N3O3S. The molecule has 0 aliphatic rings. The summed E-state index contributed by atoms with van der Waals surface area (Å²) in [6.07, 6.45) is 1.84. The molecule has 1 aromatic rings. The van der Waals surface area contributed by atoms with Crippen molar-refractivity contribution in [1.29, 1.82) is 0 Å². The van der Waals surface area contributed by atoms with Crippen LogP contribution >= 0.6 is 11.3 Å². The molecular weight excluding hydrogens is 254 g/mol. The molecule has 0 bridgehead atoms. The Morgan fingerprint density at radius 2 is 2.28 bits per heavy atom. The maximum atomic E-state index is 11.9. The van der Waals surface area contributed by atoms with E-state index in [2.05, 4.69) is 4.98 Å². The van der Waals surface area contributed by atoms with E-state index in [0.717, 1.165) is 4.88 Å². The van der Waals surface area contributed by atoms with Gasteiger partial charge < -0.3 is 15.7 Å². The fraction of sp³-hybridized carbons (Fsp3) is 0.545. The average molecular weight is 271 g/mol. The fourth-order valence-corrected chi connectivity index (χ4v) is 2.09. The Hall–Kier alpha value is -1.47. The number of hydrogen-bond acceptors (Lipinski definition) is 5. The van der Waals surface area contributed by atoms with Crippen LogP contribution in [-0.4, -0.2) is 40.0 Å². The lowest BCUT2D eigenvalue weighted by molar-refractivity contribution is -0.140. The van der Waals surface area contributed by atoms with Crippen LogP contribution < -0.4 is 5.73 Å². The second-order valence-electron chi connectivity index (χ2n) is 4.26. The van der Waals surface area contributed by atoms with Gasteiger partial charge in [-0.05, 0) is 5.92 Å². The Labute approximate surface area is 109 Å². The molecule has 0 saturated heterocycles. The lowest BCUT2D eigenvalue weighted by Gasteiger charge is -2.20. The number of carboxylic acid groups (broad SMARTS) is 1. The Morgan fingerprint density at radius 1 is 1.61 bits per heavy atom. The van der Waals surface area contributed by atoms with Gasteiger partial charge in [0, 0.05) is 24.5 Å². The minimum atomic E-state index is -1.08. The van der Waals surface area contributed by atoms with Crippen molar-refractivity contribution in [1.82, 2.24) is 9.88 Å². The number of carboxylic acids is 1. The summed E-state index contributed by atoms with van der Waals surface area (Å²) in [5.41, 5.74) is 7.17. The number of hydrogen-bond donors (Lipinski definition) is 2. The summed E-state index contributed by atoms with van der Waals surface area (Å²) >= 11 is 1.47. The van der Waals surface area contributed by atoms with Crippen LogP contribution in [0.5, 0.6) is 0 Å². The van der Waals surface area contributed by atoms with Crippen molar-refractivity contribution in [3.8, 4) is 0 Å². The van der Waals surface area contributed by atoms with Crippen LogP contribution in [0, 0.1) is 5.92 Å². The van der Waals surface area contributed by atoms with E-state index in [9.17, 15) is 9.59 Å². The number of aliphatic carboxylic acids is 1. The number of rotatable bonds is 6. The van der Waals surface area contributed by atoms with E-state index >= 15 is 0 Å². The van der Waals surface area contributed by atoms with E-state index in [4.69, 9.17) is 10.8 Å². The predicted molar refractivity (Wildman–Crippen MR) is 68.0 cm³/mol. The molecule has 0 aliphatic carbocycles.